The van der Waals surface area contributed by atoms with Gasteiger partial charge in [0, 0.05) is 6.42 Å². The van der Waals surface area contributed by atoms with Gasteiger partial charge in [0.2, 0.25) is 5.91 Å². The van der Waals surface area contributed by atoms with Crippen LogP contribution in [-0.4, -0.2) is 41.9 Å². The van der Waals surface area contributed by atoms with Gasteiger partial charge in [-0.25, -0.2) is 0 Å². The third-order valence-electron chi connectivity index (χ3n) is 9.81. The third kappa shape index (κ3) is 39.6. The Kier molecular flexibility index (Phi) is 37.2. The van der Waals surface area contributed by atoms with Gasteiger partial charge in [-0.05, 0) is 51.4 Å². The summed E-state index contributed by atoms with van der Waals surface area (Å²) in [6.45, 7) is 4.51. The fourth-order valence-electron chi connectivity index (χ4n) is 6.54. The van der Waals surface area contributed by atoms with E-state index in [1.54, 1.807) is 6.08 Å². The van der Waals surface area contributed by atoms with Gasteiger partial charge in [0.05, 0.1) is 17.9 Å². The average molecular weight is 738 g/mol. The van der Waals surface area contributed by atoms with Gasteiger partial charge in [-0.2, -0.15) is 8.42 Å². The number of carbonyl (C=O) groups is 1. The molecule has 2 atom stereocenters. The lowest BCUT2D eigenvalue weighted by Gasteiger charge is -2.21. The van der Waals surface area contributed by atoms with Crippen LogP contribution in [0.15, 0.2) is 36.5 Å². The Morgan fingerprint density at radius 1 is 0.529 bits per heavy atom. The highest BCUT2D eigenvalue weighted by Crippen LogP contribution is 2.15. The molecule has 2 unspecified atom stereocenters. The number of aliphatic hydroxyl groups is 1. The molecule has 0 heterocycles. The van der Waals surface area contributed by atoms with Gasteiger partial charge in [0.1, 0.15) is 0 Å². The van der Waals surface area contributed by atoms with Crippen LogP contribution in [-0.2, 0) is 14.9 Å². The molecule has 0 rings (SSSR count). The number of allylic oxidation sites excluding steroid dienone is 5. The monoisotopic (exact) mass is 738 g/mol. The van der Waals surface area contributed by atoms with Crippen molar-refractivity contribution in [2.24, 2.45) is 0 Å². The normalized spacial score (nSPS) is 13.6. The van der Waals surface area contributed by atoms with E-state index in [1.165, 1.54) is 154 Å². The van der Waals surface area contributed by atoms with Crippen LogP contribution in [0.2, 0.25) is 0 Å². The molecule has 0 bridgehead atoms. The molecule has 300 valence electrons. The Bertz CT molecular complexity index is 945. The van der Waals surface area contributed by atoms with Gasteiger partial charge in [-0.15, -0.1) is 0 Å². The molecule has 0 radical (unpaired) electrons. The first-order valence-electron chi connectivity index (χ1n) is 21.7. The molecule has 6 nitrogen and oxygen atoms in total. The van der Waals surface area contributed by atoms with Crippen molar-refractivity contribution in [1.29, 1.82) is 0 Å². The molecule has 0 saturated heterocycles. The lowest BCUT2D eigenvalue weighted by molar-refractivity contribution is -0.122. The molecule has 51 heavy (non-hydrogen) atoms. The van der Waals surface area contributed by atoms with Crippen LogP contribution in [0.5, 0.6) is 0 Å². The Morgan fingerprint density at radius 3 is 1.31 bits per heavy atom. The Balaban J connectivity index is 3.89. The van der Waals surface area contributed by atoms with Crippen LogP contribution in [0.3, 0.4) is 0 Å². The standard InChI is InChI=1S/C44H83NO5S/c1-3-5-7-9-11-13-15-17-19-21-22-24-26-28-30-32-34-36-38-40-44(47)45-42(41-51(48,49)50)43(46)39-37-35-33-31-29-27-25-23-20-18-16-14-12-10-8-6-4-2/h11,13,17,19,37,39,42-43,46H,3-10,12,14-16,18,20-36,38,40-41H2,1-2H3,(H,45,47)(H,48,49,50)/b13-11-,19-17-,39-37+. The minimum atomic E-state index is -4.34. The number of carbonyl (C=O) groups excluding carboxylic acids is 1. The fourth-order valence-corrected chi connectivity index (χ4v) is 7.27. The van der Waals surface area contributed by atoms with E-state index < -0.39 is 28.0 Å². The summed E-state index contributed by atoms with van der Waals surface area (Å²) in [6, 6.07) is -1.06. The SMILES string of the molecule is CCCCC/C=C\C/C=C\CCCCCCCCCCCC(=O)NC(CS(=O)(=O)O)C(O)/C=C/CCCCCCCCCCCCCCCCC. The van der Waals surface area contributed by atoms with Crippen LogP contribution in [0.1, 0.15) is 219 Å². The molecule has 0 fully saturated rings. The highest BCUT2D eigenvalue weighted by Gasteiger charge is 2.24. The summed E-state index contributed by atoms with van der Waals surface area (Å²) in [5.74, 6) is -0.980. The first kappa shape index (κ1) is 49.6. The maximum Gasteiger partial charge on any atom is 0.267 e. The zero-order valence-electron chi connectivity index (χ0n) is 33.5. The Hall–Kier alpha value is -1.44. The number of nitrogens with one attached hydrogen (secondary N) is 1. The summed E-state index contributed by atoms with van der Waals surface area (Å²) in [5.41, 5.74) is 0. The van der Waals surface area contributed by atoms with Crippen LogP contribution in [0, 0.1) is 0 Å². The largest absolute Gasteiger partial charge is 0.387 e. The van der Waals surface area contributed by atoms with Crippen LogP contribution < -0.4 is 5.32 Å². The maximum absolute atomic E-state index is 12.5. The van der Waals surface area contributed by atoms with E-state index in [1.807, 2.05) is 6.08 Å². The molecule has 0 aliphatic heterocycles. The summed E-state index contributed by atoms with van der Waals surface area (Å²) in [5, 5.41) is 13.2. The van der Waals surface area contributed by atoms with E-state index in [4.69, 9.17) is 0 Å². The second kappa shape index (κ2) is 38.3. The van der Waals surface area contributed by atoms with E-state index in [-0.39, 0.29) is 5.91 Å². The highest BCUT2D eigenvalue weighted by molar-refractivity contribution is 7.85. The van der Waals surface area contributed by atoms with Gasteiger partial charge in [-0.1, -0.05) is 198 Å². The summed E-state index contributed by atoms with van der Waals surface area (Å²) < 4.78 is 32.5. The number of hydrogen-bond acceptors (Lipinski definition) is 4. The molecule has 0 aromatic rings. The molecular weight excluding hydrogens is 655 g/mol. The van der Waals surface area contributed by atoms with Gasteiger partial charge in [0.15, 0.2) is 0 Å². The van der Waals surface area contributed by atoms with Crippen molar-refractivity contribution in [3.63, 3.8) is 0 Å². The molecule has 0 aromatic heterocycles. The maximum atomic E-state index is 12.5. The lowest BCUT2D eigenvalue weighted by atomic mass is 10.0. The fraction of sp³-hybridized carbons (Fsp3) is 0.841. The van der Waals surface area contributed by atoms with Crippen molar-refractivity contribution in [2.75, 3.05) is 5.75 Å². The smallest absolute Gasteiger partial charge is 0.267 e. The number of rotatable bonds is 39. The topological polar surface area (TPSA) is 104 Å². The van der Waals surface area contributed by atoms with Crippen LogP contribution in [0.4, 0.5) is 0 Å². The number of amides is 1. The molecule has 0 saturated carbocycles. The predicted octanol–water partition coefficient (Wildman–Crippen LogP) is 12.9. The number of hydrogen-bond donors (Lipinski definition) is 3. The molecule has 0 spiro atoms. The minimum absolute atomic E-state index is 0.282. The second-order valence-electron chi connectivity index (χ2n) is 15.0. The molecule has 7 heteroatoms. The second-order valence-corrected chi connectivity index (χ2v) is 16.5. The Morgan fingerprint density at radius 2 is 0.882 bits per heavy atom. The van der Waals surface area contributed by atoms with Crippen molar-refractivity contribution < 1.29 is 22.9 Å². The summed E-state index contributed by atoms with van der Waals surface area (Å²) >= 11 is 0. The van der Waals surface area contributed by atoms with Crippen molar-refractivity contribution in [3.05, 3.63) is 36.5 Å². The molecule has 0 aliphatic rings. The summed E-state index contributed by atoms with van der Waals surface area (Å²) in [4.78, 5) is 12.5. The predicted molar refractivity (Wildman–Crippen MR) is 221 cm³/mol. The zero-order chi connectivity index (χ0) is 37.5. The highest BCUT2D eigenvalue weighted by atomic mass is 32.2. The van der Waals surface area contributed by atoms with Gasteiger partial charge >= 0.3 is 0 Å². The molecule has 1 amide bonds. The van der Waals surface area contributed by atoms with Crippen LogP contribution >= 0.6 is 0 Å². The average Bonchev–Trinajstić information content (AvgIpc) is 3.09. The van der Waals surface area contributed by atoms with Crippen molar-refractivity contribution >= 4 is 16.0 Å². The van der Waals surface area contributed by atoms with E-state index in [0.717, 1.165) is 44.9 Å². The van der Waals surface area contributed by atoms with Crippen molar-refractivity contribution in [2.45, 2.75) is 231 Å². The first-order chi connectivity index (χ1) is 24.8. The number of unbranched alkanes of at least 4 members (excludes halogenated alkanes) is 27. The molecular formula is C44H83NO5S. The summed E-state index contributed by atoms with van der Waals surface area (Å²) in [6.07, 6.45) is 49.8. The van der Waals surface area contributed by atoms with Crippen LogP contribution in [0.25, 0.3) is 0 Å². The Labute approximate surface area is 316 Å². The third-order valence-corrected chi connectivity index (χ3v) is 10.6. The minimum Gasteiger partial charge on any atom is -0.387 e. The van der Waals surface area contributed by atoms with Gasteiger partial charge in [-0.3, -0.25) is 9.35 Å². The zero-order valence-corrected chi connectivity index (χ0v) is 34.3. The van der Waals surface area contributed by atoms with Gasteiger partial charge in [0.25, 0.3) is 10.1 Å². The lowest BCUT2D eigenvalue weighted by Crippen LogP contribution is -2.46. The summed E-state index contributed by atoms with van der Waals surface area (Å²) in [7, 11) is -4.34. The van der Waals surface area contributed by atoms with Crippen molar-refractivity contribution in [3.8, 4) is 0 Å². The molecule has 0 aromatic carbocycles. The molecule has 0 aliphatic carbocycles. The van der Waals surface area contributed by atoms with E-state index in [2.05, 4.69) is 43.5 Å². The van der Waals surface area contributed by atoms with E-state index in [9.17, 15) is 22.9 Å². The molecule has 3 N–H and O–H groups in total. The van der Waals surface area contributed by atoms with Crippen molar-refractivity contribution in [1.82, 2.24) is 5.32 Å². The quantitative estimate of drug-likeness (QED) is 0.0331. The first-order valence-corrected chi connectivity index (χ1v) is 23.3. The van der Waals surface area contributed by atoms with E-state index in [0.29, 0.717) is 6.42 Å². The number of aliphatic hydroxyl groups excluding tert-OH is 1. The van der Waals surface area contributed by atoms with Gasteiger partial charge < -0.3 is 10.4 Å². The van der Waals surface area contributed by atoms with E-state index >= 15 is 0 Å².